The van der Waals surface area contributed by atoms with Crippen LogP contribution < -0.4 is 0 Å². The van der Waals surface area contributed by atoms with Crippen molar-refractivity contribution < 1.29 is 9.59 Å². The van der Waals surface area contributed by atoms with Gasteiger partial charge in [0, 0.05) is 31.1 Å². The number of nitrogens with zero attached hydrogens (tertiary/aromatic N) is 3. The summed E-state index contributed by atoms with van der Waals surface area (Å²) in [5, 5.41) is 8.11. The van der Waals surface area contributed by atoms with Gasteiger partial charge >= 0.3 is 0 Å². The number of aromatic amines is 1. The van der Waals surface area contributed by atoms with E-state index < -0.39 is 0 Å². The number of aromatic nitrogens is 2. The van der Waals surface area contributed by atoms with Gasteiger partial charge in [0.25, 0.3) is 5.91 Å². The molecule has 6 nitrogen and oxygen atoms in total. The fourth-order valence-electron chi connectivity index (χ4n) is 4.64. The molecule has 0 saturated carbocycles. The molecule has 0 radical (unpaired) electrons. The first-order valence-electron chi connectivity index (χ1n) is 10.2. The highest BCUT2D eigenvalue weighted by molar-refractivity contribution is 6.05. The number of nitrogens with one attached hydrogen (secondary N) is 1. The van der Waals surface area contributed by atoms with Crippen LogP contribution in [-0.4, -0.2) is 50.9 Å². The van der Waals surface area contributed by atoms with Gasteiger partial charge in [-0.1, -0.05) is 42.0 Å². The van der Waals surface area contributed by atoms with Crippen molar-refractivity contribution >= 4 is 22.7 Å². The van der Waals surface area contributed by atoms with Crippen LogP contribution in [0.25, 0.3) is 10.9 Å². The first kappa shape index (κ1) is 17.9. The van der Waals surface area contributed by atoms with Crippen LogP contribution >= 0.6 is 0 Å². The minimum Gasteiger partial charge on any atom is -0.334 e. The van der Waals surface area contributed by atoms with Crippen LogP contribution in [0.15, 0.2) is 48.5 Å². The quantitative estimate of drug-likeness (QED) is 0.749. The zero-order valence-corrected chi connectivity index (χ0v) is 16.5. The molecular weight excluding hydrogens is 364 g/mol. The van der Waals surface area contributed by atoms with Crippen molar-refractivity contribution in [2.24, 2.45) is 5.92 Å². The van der Waals surface area contributed by atoms with Crippen LogP contribution in [0.2, 0.25) is 0 Å². The van der Waals surface area contributed by atoms with Gasteiger partial charge in [0.1, 0.15) is 0 Å². The Bertz CT molecular complexity index is 1070. The van der Waals surface area contributed by atoms with Crippen molar-refractivity contribution in [1.82, 2.24) is 20.0 Å². The van der Waals surface area contributed by atoms with E-state index in [0.717, 1.165) is 34.9 Å². The molecule has 2 aromatic carbocycles. The number of piperidine rings is 1. The van der Waals surface area contributed by atoms with Gasteiger partial charge in [0.15, 0.2) is 5.69 Å². The van der Waals surface area contributed by atoms with Crippen LogP contribution in [0.5, 0.6) is 0 Å². The van der Waals surface area contributed by atoms with Gasteiger partial charge < -0.3 is 9.80 Å². The number of carbonyl (C=O) groups excluding carboxylic acids is 2. The molecule has 29 heavy (non-hydrogen) atoms. The summed E-state index contributed by atoms with van der Waals surface area (Å²) < 4.78 is 0. The standard InChI is InChI=1S/C23H24N4O2/c1-15-7-10-20-19(11-15)21(25-24-20)23(29)26-13-17-8-9-18(14-26)27(22(17)28)12-16-5-3-2-4-6-16/h2-7,10-11,17-18H,8-9,12-14H2,1H3,(H,24,25)/t17-,18+/m0/s1. The second-order valence-corrected chi connectivity index (χ2v) is 8.21. The average Bonchev–Trinajstić information content (AvgIpc) is 2.95. The Hall–Kier alpha value is -3.15. The molecule has 0 unspecified atom stereocenters. The maximum atomic E-state index is 13.3. The zero-order chi connectivity index (χ0) is 20.0. The summed E-state index contributed by atoms with van der Waals surface area (Å²) in [6.07, 6.45) is 1.78. The lowest BCUT2D eigenvalue weighted by Crippen LogP contribution is -2.47. The average molecular weight is 388 g/mol. The molecule has 0 aliphatic carbocycles. The molecular formula is C23H24N4O2. The highest BCUT2D eigenvalue weighted by Gasteiger charge is 2.42. The summed E-state index contributed by atoms with van der Waals surface area (Å²) in [6.45, 7) is 3.65. The molecule has 2 amide bonds. The van der Waals surface area contributed by atoms with Gasteiger partial charge in [0.2, 0.25) is 5.91 Å². The first-order chi connectivity index (χ1) is 14.1. The van der Waals surface area contributed by atoms with E-state index in [1.807, 2.05) is 65.3 Å². The molecule has 2 atom stereocenters. The van der Waals surface area contributed by atoms with Crippen LogP contribution in [0.4, 0.5) is 0 Å². The van der Waals surface area contributed by atoms with E-state index in [1.165, 1.54) is 0 Å². The van der Waals surface area contributed by atoms with Crippen LogP contribution in [-0.2, 0) is 11.3 Å². The molecule has 4 heterocycles. The highest BCUT2D eigenvalue weighted by atomic mass is 16.2. The summed E-state index contributed by atoms with van der Waals surface area (Å²) >= 11 is 0. The maximum absolute atomic E-state index is 13.3. The Kier molecular flexibility index (Phi) is 4.34. The van der Waals surface area contributed by atoms with Crippen LogP contribution in [0.1, 0.15) is 34.5 Å². The number of H-pyrrole nitrogens is 1. The predicted octanol–water partition coefficient (Wildman–Crippen LogP) is 3.13. The molecule has 148 valence electrons. The second-order valence-electron chi connectivity index (χ2n) is 8.21. The lowest BCUT2D eigenvalue weighted by molar-refractivity contribution is -0.140. The Morgan fingerprint density at radius 2 is 1.97 bits per heavy atom. The van der Waals surface area contributed by atoms with Crippen molar-refractivity contribution in [3.8, 4) is 0 Å². The fourth-order valence-corrected chi connectivity index (χ4v) is 4.64. The van der Waals surface area contributed by atoms with Crippen molar-refractivity contribution in [2.45, 2.75) is 32.4 Å². The minimum atomic E-state index is -0.131. The SMILES string of the molecule is Cc1ccc2[nH]nc(C(=O)N3C[C@@H]4CC[C@H](C3)N(Cc3ccccc3)C4=O)c2c1. The molecule has 6 heteroatoms. The summed E-state index contributed by atoms with van der Waals surface area (Å²) in [5.41, 5.74) is 3.53. The molecule has 6 rings (SSSR count). The van der Waals surface area contributed by atoms with E-state index in [1.54, 1.807) is 0 Å². The predicted molar refractivity (Wildman–Crippen MR) is 110 cm³/mol. The third-order valence-electron chi connectivity index (χ3n) is 6.20. The Morgan fingerprint density at radius 1 is 1.14 bits per heavy atom. The third-order valence-corrected chi connectivity index (χ3v) is 6.20. The Labute approximate surface area is 169 Å². The normalized spacial score (nSPS) is 21.6. The van der Waals surface area contributed by atoms with E-state index in [4.69, 9.17) is 0 Å². The number of aryl methyl sites for hydroxylation is 1. The summed E-state index contributed by atoms with van der Waals surface area (Å²) in [4.78, 5) is 30.2. The second kappa shape index (κ2) is 7.03. The number of carbonyl (C=O) groups is 2. The molecule has 3 saturated heterocycles. The van der Waals surface area contributed by atoms with Crippen molar-refractivity contribution in [2.75, 3.05) is 13.1 Å². The molecule has 1 N–H and O–H groups in total. The molecule has 1 aromatic heterocycles. The van der Waals surface area contributed by atoms with E-state index in [-0.39, 0.29) is 23.8 Å². The number of benzene rings is 2. The number of amides is 2. The number of hydrogen-bond donors (Lipinski definition) is 1. The van der Waals surface area contributed by atoms with E-state index >= 15 is 0 Å². The van der Waals surface area contributed by atoms with Crippen LogP contribution in [0.3, 0.4) is 0 Å². The smallest absolute Gasteiger partial charge is 0.275 e. The zero-order valence-electron chi connectivity index (χ0n) is 16.5. The van der Waals surface area contributed by atoms with E-state index in [9.17, 15) is 9.59 Å². The van der Waals surface area contributed by atoms with Gasteiger partial charge in [-0.25, -0.2) is 0 Å². The summed E-state index contributed by atoms with van der Waals surface area (Å²) in [5.74, 6) is -0.0513. The largest absolute Gasteiger partial charge is 0.334 e. The first-order valence-corrected chi connectivity index (χ1v) is 10.2. The molecule has 0 spiro atoms. The lowest BCUT2D eigenvalue weighted by Gasteiger charge is -2.36. The monoisotopic (exact) mass is 388 g/mol. The molecule has 3 aliphatic rings. The van der Waals surface area contributed by atoms with Gasteiger partial charge in [-0.3, -0.25) is 14.7 Å². The summed E-state index contributed by atoms with van der Waals surface area (Å²) in [7, 11) is 0. The topological polar surface area (TPSA) is 69.3 Å². The van der Waals surface area contributed by atoms with E-state index in [2.05, 4.69) is 10.2 Å². The molecule has 3 aromatic rings. The van der Waals surface area contributed by atoms with Crippen molar-refractivity contribution in [3.05, 3.63) is 65.4 Å². The minimum absolute atomic E-state index is 0.0531. The van der Waals surface area contributed by atoms with E-state index in [0.29, 0.717) is 25.3 Å². The van der Waals surface area contributed by atoms with Crippen molar-refractivity contribution in [1.29, 1.82) is 0 Å². The van der Waals surface area contributed by atoms with Gasteiger partial charge in [0.05, 0.1) is 11.4 Å². The maximum Gasteiger partial charge on any atom is 0.275 e. The molecule has 2 bridgehead atoms. The van der Waals surface area contributed by atoms with Gasteiger partial charge in [-0.05, 0) is 37.5 Å². The fraction of sp³-hybridized carbons (Fsp3) is 0.348. The highest BCUT2D eigenvalue weighted by Crippen LogP contribution is 2.31. The van der Waals surface area contributed by atoms with Crippen molar-refractivity contribution in [3.63, 3.8) is 0 Å². The van der Waals surface area contributed by atoms with Crippen LogP contribution in [0, 0.1) is 12.8 Å². The molecule has 3 aliphatic heterocycles. The summed E-state index contributed by atoms with van der Waals surface area (Å²) in [6, 6.07) is 16.1. The lowest BCUT2D eigenvalue weighted by atomic mass is 9.93. The Balaban J connectivity index is 1.42. The number of rotatable bonds is 3. The van der Waals surface area contributed by atoms with Gasteiger partial charge in [-0.15, -0.1) is 0 Å². The Morgan fingerprint density at radius 3 is 2.79 bits per heavy atom. The molecule has 3 fully saturated rings. The third kappa shape index (κ3) is 3.18. The van der Waals surface area contributed by atoms with Gasteiger partial charge in [-0.2, -0.15) is 5.10 Å². The number of hydrogen-bond acceptors (Lipinski definition) is 3. The number of fused-ring (bicyclic) bond motifs is 5.